The molecule has 1 aliphatic heterocycles. The van der Waals surface area contributed by atoms with E-state index in [0.29, 0.717) is 11.3 Å². The average molecular weight is 303 g/mol. The molecule has 1 saturated heterocycles. The second-order valence-electron chi connectivity index (χ2n) is 8.56. The molecule has 0 bridgehead atoms. The Hall–Kier alpha value is -1.51. The number of nitrogens with zero attached hydrogens (tertiary/aromatic N) is 1. The fourth-order valence-corrected chi connectivity index (χ4v) is 2.68. The topological polar surface area (TPSA) is 29.5 Å². The summed E-state index contributed by atoms with van der Waals surface area (Å²) in [4.78, 5) is 13.7. The van der Waals surface area contributed by atoms with Gasteiger partial charge in [-0.3, -0.25) is 0 Å². The summed E-state index contributed by atoms with van der Waals surface area (Å²) >= 11 is 0. The van der Waals surface area contributed by atoms with Crippen molar-refractivity contribution in [3.8, 4) is 0 Å². The third-order valence-electron chi connectivity index (χ3n) is 3.72. The van der Waals surface area contributed by atoms with Crippen LogP contribution in [-0.2, 0) is 11.2 Å². The van der Waals surface area contributed by atoms with Gasteiger partial charge in [0.2, 0.25) is 0 Å². The van der Waals surface area contributed by atoms with E-state index >= 15 is 0 Å². The summed E-state index contributed by atoms with van der Waals surface area (Å²) in [5.41, 5.74) is 2.58. The molecule has 1 aromatic rings. The maximum atomic E-state index is 11.9. The van der Waals surface area contributed by atoms with Crippen LogP contribution in [0.15, 0.2) is 24.3 Å². The van der Waals surface area contributed by atoms with Gasteiger partial charge >= 0.3 is 6.09 Å². The predicted molar refractivity (Wildman–Crippen MR) is 90.1 cm³/mol. The number of hydrogen-bond donors (Lipinski definition) is 0. The summed E-state index contributed by atoms with van der Waals surface area (Å²) in [6.07, 6.45) is 0.884. The summed E-state index contributed by atoms with van der Waals surface area (Å²) in [6.45, 7) is 14.0. The summed E-state index contributed by atoms with van der Waals surface area (Å²) in [5.74, 6) is 0.441. The largest absolute Gasteiger partial charge is 0.444 e. The molecule has 2 rings (SSSR count). The van der Waals surface area contributed by atoms with E-state index < -0.39 is 5.60 Å². The molecule has 1 aliphatic rings. The van der Waals surface area contributed by atoms with Crippen molar-refractivity contribution in [2.45, 2.75) is 59.5 Å². The molecule has 1 heterocycles. The fourth-order valence-electron chi connectivity index (χ4n) is 2.68. The monoisotopic (exact) mass is 303 g/mol. The SMILES string of the molecule is CC(C)(C)Cc1ccc(C2CN(C(=O)OC(C)(C)C)C2)cc1. The summed E-state index contributed by atoms with van der Waals surface area (Å²) < 4.78 is 5.39. The van der Waals surface area contributed by atoms with Gasteiger partial charge in [0.1, 0.15) is 5.60 Å². The second-order valence-corrected chi connectivity index (χ2v) is 8.56. The number of carbonyl (C=O) groups excluding carboxylic acids is 1. The van der Waals surface area contributed by atoms with Crippen molar-refractivity contribution in [1.29, 1.82) is 0 Å². The molecule has 0 unspecified atom stereocenters. The highest BCUT2D eigenvalue weighted by Gasteiger charge is 2.34. The van der Waals surface area contributed by atoms with Gasteiger partial charge in [0.15, 0.2) is 0 Å². The molecule has 0 spiro atoms. The molecule has 0 N–H and O–H groups in total. The molecule has 122 valence electrons. The van der Waals surface area contributed by atoms with Crippen LogP contribution in [0.3, 0.4) is 0 Å². The van der Waals surface area contributed by atoms with Gasteiger partial charge in [0.05, 0.1) is 0 Å². The van der Waals surface area contributed by atoms with E-state index in [2.05, 4.69) is 45.0 Å². The lowest BCUT2D eigenvalue weighted by molar-refractivity contribution is 0.00819. The summed E-state index contributed by atoms with van der Waals surface area (Å²) in [5, 5.41) is 0. The molecular weight excluding hydrogens is 274 g/mol. The second kappa shape index (κ2) is 5.94. The minimum absolute atomic E-state index is 0.201. The first-order valence-corrected chi connectivity index (χ1v) is 8.10. The zero-order chi connectivity index (χ0) is 16.5. The molecule has 1 aromatic carbocycles. The standard InChI is InChI=1S/C19H29NO2/c1-18(2,3)11-14-7-9-15(10-8-14)16-12-20(13-16)17(21)22-19(4,5)6/h7-10,16H,11-13H2,1-6H3. The Balaban J connectivity index is 1.87. The van der Waals surface area contributed by atoms with Crippen molar-refractivity contribution in [3.05, 3.63) is 35.4 Å². The van der Waals surface area contributed by atoms with Crippen LogP contribution in [0, 0.1) is 5.41 Å². The number of benzene rings is 1. The van der Waals surface area contributed by atoms with E-state index in [1.807, 2.05) is 20.8 Å². The third-order valence-corrected chi connectivity index (χ3v) is 3.72. The van der Waals surface area contributed by atoms with Gasteiger partial charge in [-0.05, 0) is 43.7 Å². The maximum Gasteiger partial charge on any atom is 0.410 e. The molecule has 0 radical (unpaired) electrons. The molecular formula is C19H29NO2. The number of hydrogen-bond acceptors (Lipinski definition) is 2. The highest BCUT2D eigenvalue weighted by atomic mass is 16.6. The van der Waals surface area contributed by atoms with Gasteiger partial charge in [-0.25, -0.2) is 4.79 Å². The molecule has 0 aromatic heterocycles. The lowest BCUT2D eigenvalue weighted by Gasteiger charge is -2.40. The van der Waals surface area contributed by atoms with Crippen LogP contribution in [0.1, 0.15) is 58.6 Å². The van der Waals surface area contributed by atoms with Crippen molar-refractivity contribution in [1.82, 2.24) is 4.90 Å². The Kier molecular flexibility index (Phi) is 4.55. The molecule has 1 amide bonds. The normalized spacial score (nSPS) is 16.4. The minimum Gasteiger partial charge on any atom is -0.444 e. The summed E-state index contributed by atoms with van der Waals surface area (Å²) in [7, 11) is 0. The van der Waals surface area contributed by atoms with Gasteiger partial charge in [-0.2, -0.15) is 0 Å². The Morgan fingerprint density at radius 1 is 1.09 bits per heavy atom. The lowest BCUT2D eigenvalue weighted by atomic mass is 9.86. The lowest BCUT2D eigenvalue weighted by Crippen LogP contribution is -2.50. The zero-order valence-corrected chi connectivity index (χ0v) is 14.8. The quantitative estimate of drug-likeness (QED) is 0.798. The first kappa shape index (κ1) is 16.9. The first-order valence-electron chi connectivity index (χ1n) is 8.10. The van der Waals surface area contributed by atoms with Gasteiger partial charge in [0.25, 0.3) is 0 Å². The van der Waals surface area contributed by atoms with Crippen LogP contribution < -0.4 is 0 Å². The van der Waals surface area contributed by atoms with Crippen molar-refractivity contribution in [2.75, 3.05) is 13.1 Å². The maximum absolute atomic E-state index is 11.9. The Labute approximate surface area is 134 Å². The van der Waals surface area contributed by atoms with Crippen LogP contribution in [0.5, 0.6) is 0 Å². The predicted octanol–water partition coefficient (Wildman–Crippen LogP) is 4.61. The number of rotatable bonds is 2. The number of likely N-dealkylation sites (tertiary alicyclic amines) is 1. The van der Waals surface area contributed by atoms with E-state index in [4.69, 9.17) is 4.74 Å². The third kappa shape index (κ3) is 4.75. The van der Waals surface area contributed by atoms with Crippen LogP contribution in [0.4, 0.5) is 4.79 Å². The first-order chi connectivity index (χ1) is 10.0. The molecule has 0 saturated carbocycles. The fraction of sp³-hybridized carbons (Fsp3) is 0.632. The van der Waals surface area contributed by atoms with Crippen LogP contribution in [0.2, 0.25) is 0 Å². The number of amides is 1. The summed E-state index contributed by atoms with van der Waals surface area (Å²) in [6, 6.07) is 8.85. The molecule has 3 heteroatoms. The minimum atomic E-state index is -0.420. The van der Waals surface area contributed by atoms with E-state index in [-0.39, 0.29) is 6.09 Å². The van der Waals surface area contributed by atoms with Crippen LogP contribution in [0.25, 0.3) is 0 Å². The number of ether oxygens (including phenoxy) is 1. The molecule has 0 atom stereocenters. The smallest absolute Gasteiger partial charge is 0.410 e. The Morgan fingerprint density at radius 2 is 1.64 bits per heavy atom. The van der Waals surface area contributed by atoms with E-state index in [9.17, 15) is 4.79 Å². The van der Waals surface area contributed by atoms with Crippen molar-refractivity contribution in [2.24, 2.45) is 5.41 Å². The van der Waals surface area contributed by atoms with E-state index in [0.717, 1.165) is 19.5 Å². The molecule has 1 fully saturated rings. The van der Waals surface area contributed by atoms with Crippen LogP contribution in [-0.4, -0.2) is 29.7 Å². The zero-order valence-electron chi connectivity index (χ0n) is 14.8. The highest BCUT2D eigenvalue weighted by molar-refractivity contribution is 5.69. The molecule has 22 heavy (non-hydrogen) atoms. The number of carbonyl (C=O) groups is 1. The van der Waals surface area contributed by atoms with Gasteiger partial charge in [0, 0.05) is 19.0 Å². The average Bonchev–Trinajstić information content (AvgIpc) is 2.24. The Bertz CT molecular complexity index is 514. The van der Waals surface area contributed by atoms with Crippen molar-refractivity contribution < 1.29 is 9.53 Å². The van der Waals surface area contributed by atoms with Gasteiger partial charge < -0.3 is 9.64 Å². The van der Waals surface area contributed by atoms with Crippen molar-refractivity contribution in [3.63, 3.8) is 0 Å². The van der Waals surface area contributed by atoms with E-state index in [1.54, 1.807) is 4.90 Å². The van der Waals surface area contributed by atoms with Crippen LogP contribution >= 0.6 is 0 Å². The molecule has 0 aliphatic carbocycles. The Morgan fingerprint density at radius 3 is 2.09 bits per heavy atom. The van der Waals surface area contributed by atoms with Gasteiger partial charge in [-0.15, -0.1) is 0 Å². The molecule has 3 nitrogen and oxygen atoms in total. The van der Waals surface area contributed by atoms with E-state index in [1.165, 1.54) is 11.1 Å². The van der Waals surface area contributed by atoms with Crippen molar-refractivity contribution >= 4 is 6.09 Å². The van der Waals surface area contributed by atoms with Gasteiger partial charge in [-0.1, -0.05) is 45.0 Å². The highest BCUT2D eigenvalue weighted by Crippen LogP contribution is 2.29.